The molecule has 1 atom stereocenters. The van der Waals surface area contributed by atoms with Crippen molar-refractivity contribution >= 4 is 28.4 Å². The van der Waals surface area contributed by atoms with Crippen molar-refractivity contribution in [3.05, 3.63) is 66.4 Å². The van der Waals surface area contributed by atoms with Gasteiger partial charge in [0, 0.05) is 29.7 Å². The van der Waals surface area contributed by atoms with E-state index in [1.54, 1.807) is 4.90 Å². The molecule has 1 aliphatic rings. The quantitative estimate of drug-likeness (QED) is 0.759. The zero-order chi connectivity index (χ0) is 17.9. The summed E-state index contributed by atoms with van der Waals surface area (Å²) in [6.07, 6.45) is 1.63. The van der Waals surface area contributed by atoms with Crippen molar-refractivity contribution in [3.63, 3.8) is 0 Å². The molecule has 1 aliphatic heterocycles. The van der Waals surface area contributed by atoms with Crippen LogP contribution in [0.4, 0.5) is 5.69 Å². The summed E-state index contributed by atoms with van der Waals surface area (Å²) in [7, 11) is 0. The molecule has 0 radical (unpaired) electrons. The number of rotatable bonds is 3. The highest BCUT2D eigenvalue weighted by Crippen LogP contribution is 2.22. The lowest BCUT2D eigenvalue weighted by Gasteiger charge is -2.31. The van der Waals surface area contributed by atoms with E-state index in [4.69, 9.17) is 0 Å². The van der Waals surface area contributed by atoms with Crippen LogP contribution in [0, 0.1) is 5.92 Å². The van der Waals surface area contributed by atoms with Crippen molar-refractivity contribution in [1.29, 1.82) is 0 Å². The minimum Gasteiger partial charge on any atom is -0.351 e. The molecule has 1 fully saturated rings. The summed E-state index contributed by atoms with van der Waals surface area (Å²) < 4.78 is 0. The van der Waals surface area contributed by atoms with E-state index in [1.165, 1.54) is 0 Å². The smallest absolute Gasteiger partial charge is 0.270 e. The van der Waals surface area contributed by atoms with Crippen molar-refractivity contribution in [2.75, 3.05) is 18.4 Å². The van der Waals surface area contributed by atoms with Gasteiger partial charge in [-0.1, -0.05) is 36.4 Å². The molecule has 0 unspecified atom stereocenters. The second-order valence-corrected chi connectivity index (χ2v) is 6.72. The number of amides is 2. The minimum absolute atomic E-state index is 0.0228. The monoisotopic (exact) mass is 347 g/mol. The van der Waals surface area contributed by atoms with Crippen molar-refractivity contribution in [3.8, 4) is 0 Å². The van der Waals surface area contributed by atoms with Gasteiger partial charge in [-0.05, 0) is 37.1 Å². The number of aromatic amines is 1. The van der Waals surface area contributed by atoms with Crippen molar-refractivity contribution in [2.24, 2.45) is 5.92 Å². The number of hydrogen-bond acceptors (Lipinski definition) is 2. The predicted molar refractivity (Wildman–Crippen MR) is 102 cm³/mol. The SMILES string of the molecule is O=C(Nc1ccccc1)[C@@H]1CCCN(C(=O)c2cc3ccccc3[nH]2)C1. The third-order valence-corrected chi connectivity index (χ3v) is 4.88. The Morgan fingerprint density at radius 2 is 1.81 bits per heavy atom. The minimum atomic E-state index is -0.183. The molecule has 2 amide bonds. The Morgan fingerprint density at radius 3 is 2.62 bits per heavy atom. The molecular weight excluding hydrogens is 326 g/mol. The first-order chi connectivity index (χ1) is 12.7. The summed E-state index contributed by atoms with van der Waals surface area (Å²) in [4.78, 5) is 30.4. The fourth-order valence-corrected chi connectivity index (χ4v) is 3.50. The first kappa shape index (κ1) is 16.4. The summed E-state index contributed by atoms with van der Waals surface area (Å²) in [6.45, 7) is 1.14. The molecule has 3 aromatic rings. The number of nitrogens with zero attached hydrogens (tertiary/aromatic N) is 1. The van der Waals surface area contributed by atoms with E-state index in [0.717, 1.165) is 29.4 Å². The summed E-state index contributed by atoms with van der Waals surface area (Å²) in [5.74, 6) is -0.249. The van der Waals surface area contributed by atoms with E-state index in [0.29, 0.717) is 18.8 Å². The largest absolute Gasteiger partial charge is 0.351 e. The molecule has 0 bridgehead atoms. The molecule has 2 heterocycles. The van der Waals surface area contributed by atoms with Crippen molar-refractivity contribution in [1.82, 2.24) is 9.88 Å². The molecule has 132 valence electrons. The van der Waals surface area contributed by atoms with Gasteiger partial charge < -0.3 is 15.2 Å². The van der Waals surface area contributed by atoms with Crippen LogP contribution in [-0.4, -0.2) is 34.8 Å². The number of piperidine rings is 1. The summed E-state index contributed by atoms with van der Waals surface area (Å²) in [5, 5.41) is 3.97. The van der Waals surface area contributed by atoms with Crippen LogP contribution >= 0.6 is 0 Å². The summed E-state index contributed by atoms with van der Waals surface area (Å²) >= 11 is 0. The van der Waals surface area contributed by atoms with E-state index in [2.05, 4.69) is 10.3 Å². The molecule has 1 aromatic heterocycles. The average molecular weight is 347 g/mol. The molecule has 2 aromatic carbocycles. The van der Waals surface area contributed by atoms with Gasteiger partial charge in [0.15, 0.2) is 0 Å². The number of benzene rings is 2. The Morgan fingerprint density at radius 1 is 1.04 bits per heavy atom. The number of carbonyl (C=O) groups is 2. The topological polar surface area (TPSA) is 65.2 Å². The molecule has 26 heavy (non-hydrogen) atoms. The number of aromatic nitrogens is 1. The van der Waals surface area contributed by atoms with Gasteiger partial charge in [-0.15, -0.1) is 0 Å². The maximum Gasteiger partial charge on any atom is 0.270 e. The molecular formula is C21H21N3O2. The third kappa shape index (κ3) is 3.33. The van der Waals surface area contributed by atoms with E-state index in [-0.39, 0.29) is 17.7 Å². The van der Waals surface area contributed by atoms with Gasteiger partial charge in [-0.25, -0.2) is 0 Å². The molecule has 2 N–H and O–H groups in total. The van der Waals surface area contributed by atoms with Crippen LogP contribution in [0.2, 0.25) is 0 Å². The molecule has 0 saturated carbocycles. The van der Waals surface area contributed by atoms with Gasteiger partial charge in [0.2, 0.25) is 5.91 Å². The Balaban J connectivity index is 1.45. The second kappa shape index (κ2) is 7.04. The third-order valence-electron chi connectivity index (χ3n) is 4.88. The molecule has 0 aliphatic carbocycles. The number of anilines is 1. The highest BCUT2D eigenvalue weighted by molar-refractivity contribution is 5.99. The van der Waals surface area contributed by atoms with Gasteiger partial charge in [0.05, 0.1) is 5.92 Å². The lowest BCUT2D eigenvalue weighted by atomic mass is 9.96. The number of nitrogens with one attached hydrogen (secondary N) is 2. The average Bonchev–Trinajstić information content (AvgIpc) is 3.12. The molecule has 4 rings (SSSR count). The lowest BCUT2D eigenvalue weighted by Crippen LogP contribution is -2.43. The van der Waals surface area contributed by atoms with Gasteiger partial charge >= 0.3 is 0 Å². The number of fused-ring (bicyclic) bond motifs is 1. The summed E-state index contributed by atoms with van der Waals surface area (Å²) in [6, 6.07) is 19.1. The molecule has 5 heteroatoms. The number of H-pyrrole nitrogens is 1. The normalized spacial score (nSPS) is 17.2. The van der Waals surface area contributed by atoms with Crippen LogP contribution in [0.3, 0.4) is 0 Å². The fraction of sp³-hybridized carbons (Fsp3) is 0.238. The Bertz CT molecular complexity index is 900. The van der Waals surface area contributed by atoms with Crippen molar-refractivity contribution < 1.29 is 9.59 Å². The number of para-hydroxylation sites is 2. The summed E-state index contributed by atoms with van der Waals surface area (Å²) in [5.41, 5.74) is 2.32. The van der Waals surface area contributed by atoms with Crippen LogP contribution < -0.4 is 5.32 Å². The fourth-order valence-electron chi connectivity index (χ4n) is 3.50. The number of likely N-dealkylation sites (tertiary alicyclic amines) is 1. The van der Waals surface area contributed by atoms with Gasteiger partial charge in [0.25, 0.3) is 5.91 Å². The van der Waals surface area contributed by atoms with Gasteiger partial charge in [-0.2, -0.15) is 0 Å². The molecule has 0 spiro atoms. The lowest BCUT2D eigenvalue weighted by molar-refractivity contribution is -0.121. The predicted octanol–water partition coefficient (Wildman–Crippen LogP) is 3.66. The molecule has 1 saturated heterocycles. The van der Waals surface area contributed by atoms with Crippen LogP contribution in [0.15, 0.2) is 60.7 Å². The zero-order valence-electron chi connectivity index (χ0n) is 14.4. The Hall–Kier alpha value is -3.08. The van der Waals surface area contributed by atoms with Crippen LogP contribution in [0.1, 0.15) is 23.3 Å². The van der Waals surface area contributed by atoms with Crippen LogP contribution in [0.5, 0.6) is 0 Å². The van der Waals surface area contributed by atoms with E-state index < -0.39 is 0 Å². The van der Waals surface area contributed by atoms with Crippen LogP contribution in [-0.2, 0) is 4.79 Å². The van der Waals surface area contributed by atoms with Crippen LogP contribution in [0.25, 0.3) is 10.9 Å². The van der Waals surface area contributed by atoms with Gasteiger partial charge in [-0.3, -0.25) is 9.59 Å². The Labute approximate surface area is 152 Å². The first-order valence-electron chi connectivity index (χ1n) is 8.93. The first-order valence-corrected chi connectivity index (χ1v) is 8.93. The number of hydrogen-bond donors (Lipinski definition) is 2. The van der Waals surface area contributed by atoms with E-state index in [9.17, 15) is 9.59 Å². The maximum absolute atomic E-state index is 12.9. The highest BCUT2D eigenvalue weighted by Gasteiger charge is 2.29. The standard InChI is InChI=1S/C21H21N3O2/c25-20(22-17-9-2-1-3-10-17)16-8-6-12-24(14-16)21(26)19-13-15-7-4-5-11-18(15)23-19/h1-5,7,9-11,13,16,23H,6,8,12,14H2,(H,22,25)/t16-/m1/s1. The van der Waals surface area contributed by atoms with Crippen molar-refractivity contribution in [2.45, 2.75) is 12.8 Å². The maximum atomic E-state index is 12.9. The highest BCUT2D eigenvalue weighted by atomic mass is 16.2. The van der Waals surface area contributed by atoms with E-state index in [1.807, 2.05) is 60.7 Å². The Kier molecular flexibility index (Phi) is 4.44. The zero-order valence-corrected chi connectivity index (χ0v) is 14.4. The van der Waals surface area contributed by atoms with E-state index >= 15 is 0 Å². The second-order valence-electron chi connectivity index (χ2n) is 6.72. The van der Waals surface area contributed by atoms with Gasteiger partial charge in [0.1, 0.15) is 5.69 Å². The number of carbonyl (C=O) groups excluding carboxylic acids is 2. The molecule has 5 nitrogen and oxygen atoms in total.